The fourth-order valence-corrected chi connectivity index (χ4v) is 2.08. The zero-order valence-electron chi connectivity index (χ0n) is 12.1. The van der Waals surface area contributed by atoms with Crippen LogP contribution in [0.3, 0.4) is 0 Å². The predicted octanol–water partition coefficient (Wildman–Crippen LogP) is 4.25. The maximum atomic E-state index is 5.92. The van der Waals surface area contributed by atoms with Gasteiger partial charge >= 0.3 is 0 Å². The summed E-state index contributed by atoms with van der Waals surface area (Å²) in [7, 11) is 1.85. The Morgan fingerprint density at radius 2 is 2.00 bits per heavy atom. The summed E-state index contributed by atoms with van der Waals surface area (Å²) in [6.45, 7) is 6.00. The van der Waals surface area contributed by atoms with Gasteiger partial charge in [0.15, 0.2) is 0 Å². The third-order valence-electron chi connectivity index (χ3n) is 3.04. The minimum absolute atomic E-state index is 0.600. The first-order valence-corrected chi connectivity index (χ1v) is 7.33. The van der Waals surface area contributed by atoms with Gasteiger partial charge in [0.1, 0.15) is 17.4 Å². The monoisotopic (exact) mass is 335 g/mol. The zero-order valence-corrected chi connectivity index (χ0v) is 13.7. The van der Waals surface area contributed by atoms with E-state index in [0.717, 1.165) is 39.4 Å². The number of anilines is 1. The lowest BCUT2D eigenvalue weighted by molar-refractivity contribution is 0.454. The number of aromatic nitrogens is 2. The zero-order chi connectivity index (χ0) is 14.7. The summed E-state index contributed by atoms with van der Waals surface area (Å²) in [5, 5.41) is 3.08. The van der Waals surface area contributed by atoms with Crippen LogP contribution in [-0.4, -0.2) is 17.0 Å². The molecule has 0 bridgehead atoms. The van der Waals surface area contributed by atoms with Crippen molar-refractivity contribution in [3.8, 4) is 11.6 Å². The first kappa shape index (κ1) is 14.8. The molecule has 20 heavy (non-hydrogen) atoms. The molecule has 4 nitrogen and oxygen atoms in total. The number of hydrogen-bond donors (Lipinski definition) is 1. The van der Waals surface area contributed by atoms with Gasteiger partial charge in [-0.1, -0.05) is 22.9 Å². The Kier molecular flexibility index (Phi) is 4.60. The second-order valence-electron chi connectivity index (χ2n) is 4.54. The lowest BCUT2D eigenvalue weighted by Gasteiger charge is -2.13. The van der Waals surface area contributed by atoms with Gasteiger partial charge in [0.2, 0.25) is 5.88 Å². The molecule has 0 saturated carbocycles. The summed E-state index contributed by atoms with van der Waals surface area (Å²) in [6, 6.07) is 5.88. The van der Waals surface area contributed by atoms with E-state index in [9.17, 15) is 0 Å². The number of hydrogen-bond acceptors (Lipinski definition) is 4. The minimum atomic E-state index is 0.600. The van der Waals surface area contributed by atoms with Gasteiger partial charge in [-0.3, -0.25) is 0 Å². The second-order valence-corrected chi connectivity index (χ2v) is 5.39. The average molecular weight is 336 g/mol. The van der Waals surface area contributed by atoms with Crippen LogP contribution in [0.4, 0.5) is 5.82 Å². The number of halogens is 1. The normalized spacial score (nSPS) is 10.4. The lowest BCUT2D eigenvalue weighted by atomic mass is 10.2. The Morgan fingerprint density at radius 3 is 2.60 bits per heavy atom. The summed E-state index contributed by atoms with van der Waals surface area (Å²) in [5.74, 6) is 2.95. The molecule has 0 radical (unpaired) electrons. The third kappa shape index (κ3) is 3.10. The number of ether oxygens (including phenoxy) is 1. The van der Waals surface area contributed by atoms with Crippen molar-refractivity contribution < 1.29 is 4.74 Å². The average Bonchev–Trinajstić information content (AvgIpc) is 2.45. The van der Waals surface area contributed by atoms with E-state index in [1.54, 1.807) is 0 Å². The second kappa shape index (κ2) is 6.22. The van der Waals surface area contributed by atoms with Crippen LogP contribution in [-0.2, 0) is 6.42 Å². The van der Waals surface area contributed by atoms with Crippen molar-refractivity contribution in [3.05, 3.63) is 39.6 Å². The highest BCUT2D eigenvalue weighted by molar-refractivity contribution is 9.10. The lowest BCUT2D eigenvalue weighted by Crippen LogP contribution is -2.04. The van der Waals surface area contributed by atoms with Crippen molar-refractivity contribution in [2.24, 2.45) is 0 Å². The summed E-state index contributed by atoms with van der Waals surface area (Å²) in [6.07, 6.45) is 0.769. The molecule has 0 aliphatic carbocycles. The van der Waals surface area contributed by atoms with E-state index in [1.807, 2.05) is 46.0 Å². The molecule has 0 fully saturated rings. The van der Waals surface area contributed by atoms with E-state index in [0.29, 0.717) is 5.88 Å². The third-order valence-corrected chi connectivity index (χ3v) is 3.93. The maximum Gasteiger partial charge on any atom is 0.227 e. The van der Waals surface area contributed by atoms with Gasteiger partial charge in [-0.2, -0.15) is 4.98 Å². The van der Waals surface area contributed by atoms with Gasteiger partial charge in [-0.15, -0.1) is 0 Å². The van der Waals surface area contributed by atoms with Crippen molar-refractivity contribution in [2.75, 3.05) is 12.4 Å². The van der Waals surface area contributed by atoms with Gasteiger partial charge in [0.05, 0.1) is 5.56 Å². The van der Waals surface area contributed by atoms with Gasteiger partial charge in [-0.25, -0.2) is 4.98 Å². The molecule has 1 N–H and O–H groups in total. The summed E-state index contributed by atoms with van der Waals surface area (Å²) in [4.78, 5) is 8.90. The standard InChI is InChI=1S/C15H18BrN3O/c1-5-13-18-14(17-4)10(3)15(19-13)20-11-6-7-12(16)9(2)8-11/h6-8H,5H2,1-4H3,(H,17,18,19). The van der Waals surface area contributed by atoms with Crippen molar-refractivity contribution >= 4 is 21.7 Å². The summed E-state index contributed by atoms with van der Waals surface area (Å²) >= 11 is 3.48. The molecule has 1 aromatic heterocycles. The molecular weight excluding hydrogens is 318 g/mol. The first-order valence-electron chi connectivity index (χ1n) is 6.54. The van der Waals surface area contributed by atoms with Gasteiger partial charge in [0.25, 0.3) is 0 Å². The Labute approximate surface area is 127 Å². The molecule has 0 aliphatic rings. The summed E-state index contributed by atoms with van der Waals surface area (Å²) < 4.78 is 6.98. The number of nitrogens with one attached hydrogen (secondary N) is 1. The van der Waals surface area contributed by atoms with Crippen LogP contribution in [0.15, 0.2) is 22.7 Å². The SMILES string of the molecule is CCc1nc(NC)c(C)c(Oc2ccc(Br)c(C)c2)n1. The quantitative estimate of drug-likeness (QED) is 0.907. The highest BCUT2D eigenvalue weighted by Gasteiger charge is 2.11. The molecule has 0 amide bonds. The molecule has 0 spiro atoms. The van der Waals surface area contributed by atoms with E-state index in [1.165, 1.54) is 0 Å². The summed E-state index contributed by atoms with van der Waals surface area (Å²) in [5.41, 5.74) is 2.03. The fourth-order valence-electron chi connectivity index (χ4n) is 1.83. The Hall–Kier alpha value is -1.62. The minimum Gasteiger partial charge on any atom is -0.439 e. The highest BCUT2D eigenvalue weighted by atomic mass is 79.9. The molecular formula is C15H18BrN3O. The van der Waals surface area contributed by atoms with Crippen LogP contribution in [0.2, 0.25) is 0 Å². The van der Waals surface area contributed by atoms with Crippen LogP contribution >= 0.6 is 15.9 Å². The number of benzene rings is 1. The van der Waals surface area contributed by atoms with Crippen molar-refractivity contribution in [1.29, 1.82) is 0 Å². The molecule has 5 heteroatoms. The number of nitrogens with zero attached hydrogens (tertiary/aromatic N) is 2. The van der Waals surface area contributed by atoms with Gasteiger partial charge < -0.3 is 10.1 Å². The van der Waals surface area contributed by atoms with E-state index in [2.05, 4.69) is 31.2 Å². The van der Waals surface area contributed by atoms with E-state index in [-0.39, 0.29) is 0 Å². The van der Waals surface area contributed by atoms with Crippen LogP contribution in [0.5, 0.6) is 11.6 Å². The molecule has 0 aliphatic heterocycles. The van der Waals surface area contributed by atoms with Crippen molar-refractivity contribution in [3.63, 3.8) is 0 Å². The van der Waals surface area contributed by atoms with Crippen LogP contribution in [0.25, 0.3) is 0 Å². The molecule has 106 valence electrons. The van der Waals surface area contributed by atoms with E-state index < -0.39 is 0 Å². The smallest absolute Gasteiger partial charge is 0.227 e. The predicted molar refractivity (Wildman–Crippen MR) is 84.6 cm³/mol. The Bertz CT molecular complexity index is 629. The van der Waals surface area contributed by atoms with Crippen molar-refractivity contribution in [2.45, 2.75) is 27.2 Å². The molecule has 0 atom stereocenters. The number of rotatable bonds is 4. The molecule has 2 aromatic rings. The van der Waals surface area contributed by atoms with Gasteiger partial charge in [0, 0.05) is 17.9 Å². The van der Waals surface area contributed by atoms with Gasteiger partial charge in [-0.05, 0) is 37.6 Å². The molecule has 2 rings (SSSR count). The van der Waals surface area contributed by atoms with Crippen LogP contribution in [0, 0.1) is 13.8 Å². The Morgan fingerprint density at radius 1 is 1.25 bits per heavy atom. The highest BCUT2D eigenvalue weighted by Crippen LogP contribution is 2.29. The van der Waals surface area contributed by atoms with Crippen LogP contribution < -0.4 is 10.1 Å². The van der Waals surface area contributed by atoms with Crippen molar-refractivity contribution in [1.82, 2.24) is 9.97 Å². The fraction of sp³-hybridized carbons (Fsp3) is 0.333. The number of aryl methyl sites for hydroxylation is 2. The largest absolute Gasteiger partial charge is 0.439 e. The molecule has 0 saturated heterocycles. The maximum absolute atomic E-state index is 5.92. The topological polar surface area (TPSA) is 47.0 Å². The molecule has 0 unspecified atom stereocenters. The van der Waals surface area contributed by atoms with E-state index >= 15 is 0 Å². The molecule has 1 aromatic carbocycles. The Balaban J connectivity index is 2.39. The molecule has 1 heterocycles. The van der Waals surface area contributed by atoms with Crippen LogP contribution in [0.1, 0.15) is 23.9 Å². The van der Waals surface area contributed by atoms with E-state index in [4.69, 9.17) is 4.74 Å². The first-order chi connectivity index (χ1) is 9.55.